The Morgan fingerprint density at radius 2 is 2.31 bits per heavy atom. The van der Waals surface area contributed by atoms with Crippen LogP contribution in [-0.2, 0) is 0 Å². The second kappa shape index (κ2) is 4.17. The third kappa shape index (κ3) is 2.19. The molecule has 2 rings (SSSR count). The van der Waals surface area contributed by atoms with Gasteiger partial charge < -0.3 is 10.7 Å². The molecule has 16 heavy (non-hydrogen) atoms. The minimum absolute atomic E-state index is 0.0743. The molecule has 1 unspecified atom stereocenters. The van der Waals surface area contributed by atoms with E-state index in [1.165, 1.54) is 17.3 Å². The summed E-state index contributed by atoms with van der Waals surface area (Å²) in [5.41, 5.74) is 8.55. The number of fused-ring (bicyclic) bond motifs is 1. The SMILES string of the molecule is Cc1ccc2nc(C(C)SC(=N)N)[nH]c2c1. The number of rotatable bonds is 2. The molecule has 0 fully saturated rings. The first-order valence-electron chi connectivity index (χ1n) is 5.03. The fourth-order valence-corrected chi connectivity index (χ4v) is 2.19. The minimum atomic E-state index is 0.0743. The van der Waals surface area contributed by atoms with Crippen molar-refractivity contribution in [2.24, 2.45) is 5.73 Å². The van der Waals surface area contributed by atoms with Gasteiger partial charge in [0.15, 0.2) is 5.17 Å². The molecule has 0 aliphatic heterocycles. The van der Waals surface area contributed by atoms with Gasteiger partial charge in [-0.25, -0.2) is 4.98 Å². The fraction of sp³-hybridized carbons (Fsp3) is 0.273. The number of hydrogen-bond donors (Lipinski definition) is 3. The smallest absolute Gasteiger partial charge is 0.151 e. The van der Waals surface area contributed by atoms with Crippen LogP contribution in [0.3, 0.4) is 0 Å². The summed E-state index contributed by atoms with van der Waals surface area (Å²) in [7, 11) is 0. The summed E-state index contributed by atoms with van der Waals surface area (Å²) in [6.45, 7) is 4.03. The number of hydrogen-bond acceptors (Lipinski definition) is 3. The molecule has 0 saturated heterocycles. The molecule has 1 aromatic carbocycles. The van der Waals surface area contributed by atoms with Gasteiger partial charge in [0, 0.05) is 0 Å². The molecule has 0 amide bonds. The molecular weight excluding hydrogens is 220 g/mol. The molecule has 2 aromatic rings. The minimum Gasteiger partial charge on any atom is -0.379 e. The first-order valence-corrected chi connectivity index (χ1v) is 5.91. The highest BCUT2D eigenvalue weighted by atomic mass is 32.2. The van der Waals surface area contributed by atoms with E-state index in [4.69, 9.17) is 11.1 Å². The summed E-state index contributed by atoms with van der Waals surface area (Å²) in [6, 6.07) is 6.10. The van der Waals surface area contributed by atoms with Crippen molar-refractivity contribution in [1.29, 1.82) is 5.41 Å². The number of thioether (sulfide) groups is 1. The van der Waals surface area contributed by atoms with E-state index in [2.05, 4.69) is 16.0 Å². The highest BCUT2D eigenvalue weighted by molar-refractivity contribution is 8.13. The Hall–Kier alpha value is -1.49. The largest absolute Gasteiger partial charge is 0.379 e. The van der Waals surface area contributed by atoms with Crippen LogP contribution in [0.2, 0.25) is 0 Å². The van der Waals surface area contributed by atoms with Crippen LogP contribution in [0.1, 0.15) is 23.6 Å². The molecule has 0 bridgehead atoms. The molecule has 4 N–H and O–H groups in total. The molecule has 1 heterocycles. The number of aromatic nitrogens is 2. The van der Waals surface area contributed by atoms with Crippen LogP contribution in [0.25, 0.3) is 11.0 Å². The van der Waals surface area contributed by atoms with Gasteiger partial charge in [-0.15, -0.1) is 0 Å². The Kier molecular flexibility index (Phi) is 2.87. The maximum Gasteiger partial charge on any atom is 0.151 e. The lowest BCUT2D eigenvalue weighted by molar-refractivity contribution is 0.978. The number of nitrogens with zero attached hydrogens (tertiary/aromatic N) is 1. The second-order valence-corrected chi connectivity index (χ2v) is 5.15. The topological polar surface area (TPSA) is 78.6 Å². The number of H-pyrrole nitrogens is 1. The molecule has 5 heteroatoms. The van der Waals surface area contributed by atoms with Crippen LogP contribution >= 0.6 is 11.8 Å². The summed E-state index contributed by atoms with van der Waals surface area (Å²) in [5, 5.41) is 7.43. The standard InChI is InChI=1S/C11H14N4S/c1-6-3-4-8-9(5-6)15-10(14-8)7(2)16-11(12)13/h3-5,7H,1-2H3,(H3,12,13)(H,14,15). The van der Waals surface area contributed by atoms with Crippen molar-refractivity contribution in [2.75, 3.05) is 0 Å². The van der Waals surface area contributed by atoms with Crippen molar-refractivity contribution >= 4 is 28.0 Å². The van der Waals surface area contributed by atoms with Gasteiger partial charge in [0.1, 0.15) is 5.82 Å². The number of aryl methyl sites for hydroxylation is 1. The lowest BCUT2D eigenvalue weighted by Gasteiger charge is -2.04. The quantitative estimate of drug-likeness (QED) is 0.552. The number of nitrogens with one attached hydrogen (secondary N) is 2. The first kappa shape index (κ1) is 11.0. The number of benzene rings is 1. The summed E-state index contributed by atoms with van der Waals surface area (Å²) >= 11 is 1.29. The Balaban J connectivity index is 2.35. The van der Waals surface area contributed by atoms with Gasteiger partial charge in [-0.1, -0.05) is 17.8 Å². The molecule has 0 aliphatic carbocycles. The van der Waals surface area contributed by atoms with Gasteiger partial charge in [-0.2, -0.15) is 0 Å². The summed E-state index contributed by atoms with van der Waals surface area (Å²) in [6.07, 6.45) is 0. The average Bonchev–Trinajstić information content (AvgIpc) is 2.59. The predicted molar refractivity (Wildman–Crippen MR) is 68.8 cm³/mol. The predicted octanol–water partition coefficient (Wildman–Crippen LogP) is 2.56. The summed E-state index contributed by atoms with van der Waals surface area (Å²) in [5.74, 6) is 0.862. The molecule has 0 saturated carbocycles. The van der Waals surface area contributed by atoms with Crippen LogP contribution in [0.5, 0.6) is 0 Å². The van der Waals surface area contributed by atoms with E-state index in [0.717, 1.165) is 16.9 Å². The van der Waals surface area contributed by atoms with E-state index in [9.17, 15) is 0 Å². The number of nitrogens with two attached hydrogens (primary N) is 1. The highest BCUT2D eigenvalue weighted by Crippen LogP contribution is 2.27. The van der Waals surface area contributed by atoms with Gasteiger partial charge in [-0.3, -0.25) is 5.41 Å². The monoisotopic (exact) mass is 234 g/mol. The number of imidazole rings is 1. The molecule has 0 radical (unpaired) electrons. The van der Waals surface area contributed by atoms with Crippen molar-refractivity contribution in [3.05, 3.63) is 29.6 Å². The van der Waals surface area contributed by atoms with Crippen molar-refractivity contribution in [2.45, 2.75) is 19.1 Å². The Morgan fingerprint density at radius 1 is 1.56 bits per heavy atom. The number of amidine groups is 1. The van der Waals surface area contributed by atoms with Crippen LogP contribution < -0.4 is 5.73 Å². The Morgan fingerprint density at radius 3 is 3.00 bits per heavy atom. The molecule has 0 spiro atoms. The normalized spacial score (nSPS) is 12.9. The molecule has 1 aromatic heterocycles. The maximum absolute atomic E-state index is 7.24. The first-order chi connectivity index (χ1) is 7.56. The summed E-state index contributed by atoms with van der Waals surface area (Å²) in [4.78, 5) is 7.74. The van der Waals surface area contributed by atoms with Gasteiger partial charge in [0.2, 0.25) is 0 Å². The fourth-order valence-electron chi connectivity index (χ4n) is 1.58. The lowest BCUT2D eigenvalue weighted by Crippen LogP contribution is -2.06. The van der Waals surface area contributed by atoms with Gasteiger partial charge in [0.25, 0.3) is 0 Å². The van der Waals surface area contributed by atoms with Crippen molar-refractivity contribution in [3.8, 4) is 0 Å². The summed E-state index contributed by atoms with van der Waals surface area (Å²) < 4.78 is 0. The molecule has 4 nitrogen and oxygen atoms in total. The second-order valence-electron chi connectivity index (χ2n) is 3.77. The zero-order valence-corrected chi connectivity index (χ0v) is 10.1. The zero-order valence-electron chi connectivity index (χ0n) is 9.24. The third-order valence-corrected chi connectivity index (χ3v) is 3.18. The van der Waals surface area contributed by atoms with E-state index in [1.807, 2.05) is 26.0 Å². The van der Waals surface area contributed by atoms with E-state index in [1.54, 1.807) is 0 Å². The van der Waals surface area contributed by atoms with Crippen molar-refractivity contribution < 1.29 is 0 Å². The number of aromatic amines is 1. The zero-order chi connectivity index (χ0) is 11.7. The van der Waals surface area contributed by atoms with E-state index in [0.29, 0.717) is 0 Å². The van der Waals surface area contributed by atoms with E-state index in [-0.39, 0.29) is 10.4 Å². The molecule has 84 valence electrons. The average molecular weight is 234 g/mol. The van der Waals surface area contributed by atoms with Crippen LogP contribution in [0, 0.1) is 12.3 Å². The molecular formula is C11H14N4S. The van der Waals surface area contributed by atoms with Gasteiger partial charge >= 0.3 is 0 Å². The van der Waals surface area contributed by atoms with E-state index >= 15 is 0 Å². The van der Waals surface area contributed by atoms with Crippen LogP contribution in [0.4, 0.5) is 0 Å². The third-order valence-electron chi connectivity index (χ3n) is 2.34. The van der Waals surface area contributed by atoms with Crippen molar-refractivity contribution in [3.63, 3.8) is 0 Å². The molecule has 1 atom stereocenters. The Labute approximate surface area is 98.1 Å². The van der Waals surface area contributed by atoms with Gasteiger partial charge in [-0.05, 0) is 31.5 Å². The van der Waals surface area contributed by atoms with Gasteiger partial charge in [0.05, 0.1) is 16.3 Å². The van der Waals surface area contributed by atoms with Crippen LogP contribution in [0.15, 0.2) is 18.2 Å². The van der Waals surface area contributed by atoms with Crippen LogP contribution in [-0.4, -0.2) is 15.1 Å². The maximum atomic E-state index is 7.24. The highest BCUT2D eigenvalue weighted by Gasteiger charge is 2.12. The van der Waals surface area contributed by atoms with Crippen molar-refractivity contribution in [1.82, 2.24) is 9.97 Å². The Bertz CT molecular complexity index is 532. The molecule has 0 aliphatic rings. The van der Waals surface area contributed by atoms with E-state index < -0.39 is 0 Å². The lowest BCUT2D eigenvalue weighted by atomic mass is 10.2.